The van der Waals surface area contributed by atoms with Crippen LogP contribution in [0.2, 0.25) is 0 Å². The molecule has 9 heteroatoms. The first-order chi connectivity index (χ1) is 13.5. The maximum Gasteiger partial charge on any atom is 0.274 e. The largest absolute Gasteiger partial charge is 0.488 e. The lowest BCUT2D eigenvalue weighted by Crippen LogP contribution is -2.42. The third kappa shape index (κ3) is 4.74. The van der Waals surface area contributed by atoms with Crippen LogP contribution in [0.25, 0.3) is 0 Å². The van der Waals surface area contributed by atoms with Crippen molar-refractivity contribution in [3.63, 3.8) is 0 Å². The van der Waals surface area contributed by atoms with Crippen LogP contribution >= 0.6 is 0 Å². The van der Waals surface area contributed by atoms with Crippen molar-refractivity contribution in [3.8, 4) is 17.4 Å². The SMILES string of the molecule is COC[C@H](C)Oc1cc(Oc2cnc(C(=O)N3CCC3)cn2)cc(C(N)=O)c1. The second-order valence-corrected chi connectivity index (χ2v) is 6.43. The normalized spacial score (nSPS) is 14.1. The maximum atomic E-state index is 12.1. The van der Waals surface area contributed by atoms with Crippen LogP contribution in [0, 0.1) is 0 Å². The molecular formula is C19H22N4O5. The van der Waals surface area contributed by atoms with E-state index < -0.39 is 5.91 Å². The molecule has 0 saturated carbocycles. The molecule has 1 aliphatic rings. The Morgan fingerprint density at radius 2 is 1.93 bits per heavy atom. The molecule has 1 fully saturated rings. The number of ether oxygens (including phenoxy) is 3. The van der Waals surface area contributed by atoms with Gasteiger partial charge >= 0.3 is 0 Å². The van der Waals surface area contributed by atoms with Crippen LogP contribution in [-0.2, 0) is 4.74 Å². The summed E-state index contributed by atoms with van der Waals surface area (Å²) in [5.74, 6) is 0.137. The van der Waals surface area contributed by atoms with E-state index in [4.69, 9.17) is 19.9 Å². The molecular weight excluding hydrogens is 364 g/mol. The number of carbonyl (C=O) groups excluding carboxylic acids is 2. The summed E-state index contributed by atoms with van der Waals surface area (Å²) in [4.78, 5) is 33.7. The summed E-state index contributed by atoms with van der Waals surface area (Å²) in [6, 6.07) is 4.62. The first-order valence-corrected chi connectivity index (χ1v) is 8.86. The average Bonchev–Trinajstić information content (AvgIpc) is 2.60. The van der Waals surface area contributed by atoms with E-state index in [1.54, 1.807) is 18.1 Å². The van der Waals surface area contributed by atoms with Gasteiger partial charge in [0.1, 0.15) is 23.3 Å². The van der Waals surface area contributed by atoms with E-state index in [1.165, 1.54) is 24.5 Å². The molecule has 3 rings (SSSR count). The van der Waals surface area contributed by atoms with Gasteiger partial charge in [-0.05, 0) is 25.5 Å². The number of benzene rings is 1. The van der Waals surface area contributed by atoms with Gasteiger partial charge in [0.25, 0.3) is 5.91 Å². The molecule has 2 N–H and O–H groups in total. The fourth-order valence-corrected chi connectivity index (χ4v) is 2.62. The van der Waals surface area contributed by atoms with E-state index in [2.05, 4.69) is 9.97 Å². The fraction of sp³-hybridized carbons (Fsp3) is 0.368. The molecule has 0 radical (unpaired) electrons. The summed E-state index contributed by atoms with van der Waals surface area (Å²) >= 11 is 0. The number of likely N-dealkylation sites (tertiary alicyclic amines) is 1. The molecule has 1 saturated heterocycles. The number of nitrogens with zero attached hydrogens (tertiary/aromatic N) is 3. The monoisotopic (exact) mass is 386 g/mol. The van der Waals surface area contributed by atoms with Crippen LogP contribution in [0.15, 0.2) is 30.6 Å². The first-order valence-electron chi connectivity index (χ1n) is 8.86. The lowest BCUT2D eigenvalue weighted by molar-refractivity contribution is 0.0645. The Kier molecular flexibility index (Phi) is 6.05. The summed E-state index contributed by atoms with van der Waals surface area (Å²) in [5, 5.41) is 0. The molecule has 1 aromatic carbocycles. The molecule has 1 aromatic heterocycles. The summed E-state index contributed by atoms with van der Waals surface area (Å²) in [5.41, 5.74) is 5.88. The third-order valence-corrected chi connectivity index (χ3v) is 4.12. The van der Waals surface area contributed by atoms with Gasteiger partial charge in [-0.2, -0.15) is 0 Å². The molecule has 0 aliphatic carbocycles. The van der Waals surface area contributed by atoms with E-state index in [9.17, 15) is 9.59 Å². The number of primary amides is 1. The fourth-order valence-electron chi connectivity index (χ4n) is 2.62. The second kappa shape index (κ2) is 8.66. The molecule has 28 heavy (non-hydrogen) atoms. The summed E-state index contributed by atoms with van der Waals surface area (Å²) < 4.78 is 16.4. The Bertz CT molecular complexity index is 852. The van der Waals surface area contributed by atoms with Gasteiger partial charge < -0.3 is 24.8 Å². The molecule has 2 aromatic rings. The molecule has 0 spiro atoms. The lowest BCUT2D eigenvalue weighted by Gasteiger charge is -2.30. The summed E-state index contributed by atoms with van der Waals surface area (Å²) in [6.07, 6.45) is 3.50. The van der Waals surface area contributed by atoms with Gasteiger partial charge in [0.15, 0.2) is 0 Å². The number of rotatable bonds is 8. The van der Waals surface area contributed by atoms with Gasteiger partial charge in [-0.25, -0.2) is 9.97 Å². The highest BCUT2D eigenvalue weighted by molar-refractivity contribution is 5.93. The Morgan fingerprint density at radius 3 is 2.50 bits per heavy atom. The van der Waals surface area contributed by atoms with Crippen molar-refractivity contribution in [1.82, 2.24) is 14.9 Å². The highest BCUT2D eigenvalue weighted by atomic mass is 16.5. The van der Waals surface area contributed by atoms with Crippen LogP contribution in [0.5, 0.6) is 17.4 Å². The van der Waals surface area contributed by atoms with Gasteiger partial charge in [-0.3, -0.25) is 9.59 Å². The molecule has 9 nitrogen and oxygen atoms in total. The maximum absolute atomic E-state index is 12.1. The van der Waals surface area contributed by atoms with Crippen molar-refractivity contribution in [2.75, 3.05) is 26.8 Å². The predicted molar refractivity (Wildman–Crippen MR) is 99.6 cm³/mol. The van der Waals surface area contributed by atoms with Crippen molar-refractivity contribution in [3.05, 3.63) is 41.9 Å². The zero-order chi connectivity index (χ0) is 20.1. The Balaban J connectivity index is 1.75. The van der Waals surface area contributed by atoms with Crippen molar-refractivity contribution in [2.24, 2.45) is 5.73 Å². The Hall–Kier alpha value is -3.20. The van der Waals surface area contributed by atoms with E-state index in [0.29, 0.717) is 18.1 Å². The molecule has 148 valence electrons. The third-order valence-electron chi connectivity index (χ3n) is 4.12. The number of nitrogens with two attached hydrogens (primary N) is 1. The van der Waals surface area contributed by atoms with Gasteiger partial charge in [0.05, 0.1) is 19.0 Å². The van der Waals surface area contributed by atoms with Crippen LogP contribution < -0.4 is 15.2 Å². The summed E-state index contributed by atoms with van der Waals surface area (Å²) in [7, 11) is 1.57. The van der Waals surface area contributed by atoms with E-state index in [-0.39, 0.29) is 29.1 Å². The summed E-state index contributed by atoms with van der Waals surface area (Å²) in [6.45, 7) is 3.70. The first kappa shape index (κ1) is 19.6. The van der Waals surface area contributed by atoms with Gasteiger partial charge in [0, 0.05) is 31.8 Å². The predicted octanol–water partition coefficient (Wildman–Crippen LogP) is 1.63. The van der Waals surface area contributed by atoms with Gasteiger partial charge in [0.2, 0.25) is 11.8 Å². The lowest BCUT2D eigenvalue weighted by atomic mass is 10.2. The topological polar surface area (TPSA) is 117 Å². The van der Waals surface area contributed by atoms with Gasteiger partial charge in [-0.15, -0.1) is 0 Å². The highest BCUT2D eigenvalue weighted by Crippen LogP contribution is 2.27. The van der Waals surface area contributed by atoms with Crippen LogP contribution in [0.1, 0.15) is 34.2 Å². The van der Waals surface area contributed by atoms with Crippen LogP contribution in [0.3, 0.4) is 0 Å². The number of amides is 2. The van der Waals surface area contributed by atoms with Crippen molar-refractivity contribution < 1.29 is 23.8 Å². The van der Waals surface area contributed by atoms with Crippen LogP contribution in [-0.4, -0.2) is 59.6 Å². The Morgan fingerprint density at radius 1 is 1.18 bits per heavy atom. The van der Waals surface area contributed by atoms with Crippen molar-refractivity contribution in [2.45, 2.75) is 19.4 Å². The number of methoxy groups -OCH3 is 1. The minimum atomic E-state index is -0.615. The Labute approximate surface area is 162 Å². The van der Waals surface area contributed by atoms with E-state index in [1.807, 2.05) is 6.92 Å². The zero-order valence-corrected chi connectivity index (χ0v) is 15.8. The molecule has 2 heterocycles. The molecule has 0 bridgehead atoms. The standard InChI is InChI=1S/C19H22N4O5/c1-12(11-26-2)27-14-6-13(18(20)24)7-15(8-14)28-17-10-21-16(9-22-17)19(25)23-4-3-5-23/h6-10,12H,3-5,11H2,1-2H3,(H2,20,24)/t12-/m0/s1. The van der Waals surface area contributed by atoms with E-state index in [0.717, 1.165) is 19.5 Å². The van der Waals surface area contributed by atoms with Crippen molar-refractivity contribution in [1.29, 1.82) is 0 Å². The number of hydrogen-bond donors (Lipinski definition) is 1. The van der Waals surface area contributed by atoms with E-state index >= 15 is 0 Å². The van der Waals surface area contributed by atoms with Crippen LogP contribution in [0.4, 0.5) is 0 Å². The smallest absolute Gasteiger partial charge is 0.274 e. The minimum Gasteiger partial charge on any atom is -0.488 e. The molecule has 1 aliphatic heterocycles. The molecule has 0 unspecified atom stereocenters. The van der Waals surface area contributed by atoms with Crippen molar-refractivity contribution >= 4 is 11.8 Å². The molecule has 2 amide bonds. The quantitative estimate of drug-likeness (QED) is 0.733. The number of carbonyl (C=O) groups is 2. The number of hydrogen-bond acceptors (Lipinski definition) is 7. The second-order valence-electron chi connectivity index (χ2n) is 6.43. The zero-order valence-electron chi connectivity index (χ0n) is 15.8. The van der Waals surface area contributed by atoms with Gasteiger partial charge in [-0.1, -0.05) is 0 Å². The average molecular weight is 386 g/mol. The highest BCUT2D eigenvalue weighted by Gasteiger charge is 2.23. The minimum absolute atomic E-state index is 0.149. The number of aromatic nitrogens is 2. The molecule has 1 atom stereocenters.